The minimum atomic E-state index is -0.242. The molecule has 0 aromatic carbocycles. The van der Waals surface area contributed by atoms with Crippen molar-refractivity contribution in [2.45, 2.75) is 41.5 Å². The van der Waals surface area contributed by atoms with Crippen LogP contribution < -0.4 is 0 Å². The first-order chi connectivity index (χ1) is 10.1. The Balaban J connectivity index is 2.69. The maximum absolute atomic E-state index is 12.5. The molecular weight excluding hydrogens is 274 g/mol. The van der Waals surface area contributed by atoms with Gasteiger partial charge in [-0.15, -0.1) is 0 Å². The van der Waals surface area contributed by atoms with Gasteiger partial charge in [-0.25, -0.2) is 9.98 Å². The zero-order valence-corrected chi connectivity index (χ0v) is 14.1. The molecule has 0 N–H and O–H groups in total. The summed E-state index contributed by atoms with van der Waals surface area (Å²) in [5.41, 5.74) is 2.17. The van der Waals surface area contributed by atoms with Crippen LogP contribution in [0.4, 0.5) is 5.82 Å². The number of hydrogen-bond donors (Lipinski definition) is 0. The number of ketones is 1. The van der Waals surface area contributed by atoms with Crippen molar-refractivity contribution in [1.82, 2.24) is 9.97 Å². The van der Waals surface area contributed by atoms with Gasteiger partial charge in [-0.3, -0.25) is 9.78 Å². The van der Waals surface area contributed by atoms with Gasteiger partial charge in [-0.05, 0) is 28.6 Å². The second-order valence-corrected chi connectivity index (χ2v) is 7.51. The Morgan fingerprint density at radius 1 is 0.909 bits per heavy atom. The average molecular weight is 297 g/mol. The molecule has 0 bridgehead atoms. The third kappa shape index (κ3) is 3.38. The fourth-order valence-corrected chi connectivity index (χ4v) is 2.64. The largest absolute Gasteiger partial charge is 0.290 e. The van der Waals surface area contributed by atoms with Crippen LogP contribution in [0.3, 0.4) is 0 Å². The maximum atomic E-state index is 12.5. The normalized spacial score (nSPS) is 18.3. The number of rotatable bonds is 1. The molecule has 0 fully saturated rings. The summed E-state index contributed by atoms with van der Waals surface area (Å²) in [6, 6.07) is 0. The van der Waals surface area contributed by atoms with Gasteiger partial charge in [-0.1, -0.05) is 41.5 Å². The first-order valence-electron chi connectivity index (χ1n) is 7.43. The quantitative estimate of drug-likeness (QED) is 0.734. The predicted molar refractivity (Wildman–Crippen MR) is 89.2 cm³/mol. The number of allylic oxidation sites excluding steroid dienone is 4. The zero-order chi connectivity index (χ0) is 16.5. The van der Waals surface area contributed by atoms with E-state index in [0.717, 1.165) is 16.9 Å². The highest BCUT2D eigenvalue weighted by Crippen LogP contribution is 2.40. The van der Waals surface area contributed by atoms with Gasteiger partial charge in [-0.2, -0.15) is 0 Å². The highest BCUT2D eigenvalue weighted by molar-refractivity contribution is 6.23. The molecule has 0 spiro atoms. The van der Waals surface area contributed by atoms with Gasteiger partial charge >= 0.3 is 0 Å². The van der Waals surface area contributed by atoms with Gasteiger partial charge in [0.15, 0.2) is 11.6 Å². The van der Waals surface area contributed by atoms with E-state index < -0.39 is 0 Å². The average Bonchev–Trinajstić information content (AvgIpc) is 2.39. The van der Waals surface area contributed by atoms with Crippen molar-refractivity contribution >= 4 is 17.3 Å². The summed E-state index contributed by atoms with van der Waals surface area (Å²) in [5.74, 6) is 0.613. The van der Waals surface area contributed by atoms with Gasteiger partial charge < -0.3 is 0 Å². The molecule has 2 rings (SSSR count). The monoisotopic (exact) mass is 297 g/mol. The van der Waals surface area contributed by atoms with E-state index >= 15 is 0 Å². The van der Waals surface area contributed by atoms with Crippen LogP contribution in [-0.2, 0) is 4.79 Å². The Kier molecular flexibility index (Phi) is 4.14. The molecule has 22 heavy (non-hydrogen) atoms. The van der Waals surface area contributed by atoms with Gasteiger partial charge in [0, 0.05) is 18.0 Å². The maximum Gasteiger partial charge on any atom is 0.182 e. The van der Waals surface area contributed by atoms with E-state index in [9.17, 15) is 4.79 Å². The molecule has 0 radical (unpaired) electrons. The number of aromatic nitrogens is 2. The van der Waals surface area contributed by atoms with E-state index in [4.69, 9.17) is 0 Å². The Labute approximate surface area is 132 Å². The molecule has 1 heterocycles. The van der Waals surface area contributed by atoms with E-state index in [1.165, 1.54) is 0 Å². The van der Waals surface area contributed by atoms with Crippen LogP contribution in [0.5, 0.6) is 0 Å². The smallest absolute Gasteiger partial charge is 0.182 e. The lowest BCUT2D eigenvalue weighted by atomic mass is 9.70. The number of aliphatic imine (C=N–C) groups is 1. The molecular formula is C18H23N3O. The molecule has 0 saturated heterocycles. The van der Waals surface area contributed by atoms with E-state index in [-0.39, 0.29) is 16.6 Å². The van der Waals surface area contributed by atoms with Crippen molar-refractivity contribution in [3.05, 3.63) is 41.9 Å². The van der Waals surface area contributed by atoms with Gasteiger partial charge in [0.25, 0.3) is 0 Å². The van der Waals surface area contributed by atoms with Crippen molar-refractivity contribution in [1.29, 1.82) is 0 Å². The molecule has 0 amide bonds. The minimum Gasteiger partial charge on any atom is -0.290 e. The fraction of sp³-hybridized carbons (Fsp3) is 0.444. The summed E-state index contributed by atoms with van der Waals surface area (Å²) >= 11 is 0. The van der Waals surface area contributed by atoms with Crippen LogP contribution >= 0.6 is 0 Å². The van der Waals surface area contributed by atoms with E-state index in [0.29, 0.717) is 5.82 Å². The number of hydrogen-bond acceptors (Lipinski definition) is 4. The summed E-state index contributed by atoms with van der Waals surface area (Å²) in [6.07, 6.45) is 8.24. The lowest BCUT2D eigenvalue weighted by Crippen LogP contribution is -2.30. The molecule has 116 valence electrons. The first-order valence-corrected chi connectivity index (χ1v) is 7.43. The Hall–Kier alpha value is -2.10. The van der Waals surface area contributed by atoms with Gasteiger partial charge in [0.2, 0.25) is 0 Å². The van der Waals surface area contributed by atoms with Crippen LogP contribution in [0.15, 0.2) is 46.9 Å². The summed E-state index contributed by atoms with van der Waals surface area (Å²) in [6.45, 7) is 12.5. The van der Waals surface area contributed by atoms with Gasteiger partial charge in [0.1, 0.15) is 0 Å². The molecule has 0 saturated carbocycles. The zero-order valence-electron chi connectivity index (χ0n) is 14.1. The molecule has 1 aliphatic rings. The second kappa shape index (κ2) is 5.59. The molecule has 0 aliphatic heterocycles. The summed E-state index contributed by atoms with van der Waals surface area (Å²) < 4.78 is 0. The summed E-state index contributed by atoms with van der Waals surface area (Å²) in [4.78, 5) is 25.3. The van der Waals surface area contributed by atoms with Crippen molar-refractivity contribution < 1.29 is 4.79 Å². The van der Waals surface area contributed by atoms with Crippen molar-refractivity contribution in [2.24, 2.45) is 15.8 Å². The van der Waals surface area contributed by atoms with E-state index in [1.807, 2.05) is 0 Å². The summed E-state index contributed by atoms with van der Waals surface area (Å²) in [5, 5.41) is 0. The Morgan fingerprint density at radius 2 is 1.55 bits per heavy atom. The highest BCUT2D eigenvalue weighted by Gasteiger charge is 2.35. The predicted octanol–water partition coefficient (Wildman–Crippen LogP) is 4.08. The fourth-order valence-electron chi connectivity index (χ4n) is 2.64. The first kappa shape index (κ1) is 16.3. The van der Waals surface area contributed by atoms with E-state index in [2.05, 4.69) is 56.5 Å². The SMILES string of the molecule is CC(C)(C)C1=C(C(C)(C)C)C(=Nc2cnccn2)C=CC1=O. The van der Waals surface area contributed by atoms with E-state index in [1.54, 1.807) is 30.7 Å². The third-order valence-electron chi connectivity index (χ3n) is 3.43. The molecule has 1 aromatic heterocycles. The molecule has 4 heteroatoms. The molecule has 1 aliphatic carbocycles. The Morgan fingerprint density at radius 3 is 2.05 bits per heavy atom. The lowest BCUT2D eigenvalue weighted by Gasteiger charge is -2.34. The molecule has 1 aromatic rings. The highest BCUT2D eigenvalue weighted by atomic mass is 16.1. The van der Waals surface area contributed by atoms with Crippen LogP contribution in [0, 0.1) is 10.8 Å². The standard InChI is InChI=1S/C18H23N3O/c1-17(2,3)15-12(21-14-11-19-9-10-20-14)7-8-13(22)16(15)18(4,5)6/h7-11H,1-6H3. The molecule has 0 unspecified atom stereocenters. The molecule has 4 nitrogen and oxygen atoms in total. The Bertz CT molecular complexity index is 669. The van der Waals surface area contributed by atoms with Gasteiger partial charge in [0.05, 0.1) is 11.9 Å². The van der Waals surface area contributed by atoms with Crippen LogP contribution in [0.2, 0.25) is 0 Å². The third-order valence-corrected chi connectivity index (χ3v) is 3.43. The van der Waals surface area contributed by atoms with Crippen LogP contribution in [-0.4, -0.2) is 21.5 Å². The second-order valence-electron chi connectivity index (χ2n) is 7.51. The molecule has 0 atom stereocenters. The topological polar surface area (TPSA) is 55.2 Å². The summed E-state index contributed by atoms with van der Waals surface area (Å²) in [7, 11) is 0. The minimum absolute atomic E-state index is 0.0653. The van der Waals surface area contributed by atoms with Crippen molar-refractivity contribution in [2.75, 3.05) is 0 Å². The lowest BCUT2D eigenvalue weighted by molar-refractivity contribution is -0.112. The number of carbonyl (C=O) groups is 1. The van der Waals surface area contributed by atoms with Crippen molar-refractivity contribution in [3.8, 4) is 0 Å². The van der Waals surface area contributed by atoms with Crippen LogP contribution in [0.1, 0.15) is 41.5 Å². The number of carbonyl (C=O) groups excluding carboxylic acids is 1. The van der Waals surface area contributed by atoms with Crippen LogP contribution in [0.25, 0.3) is 0 Å². The number of nitrogens with zero attached hydrogens (tertiary/aromatic N) is 3. The van der Waals surface area contributed by atoms with Crippen molar-refractivity contribution in [3.63, 3.8) is 0 Å².